The van der Waals surface area contributed by atoms with Gasteiger partial charge in [0.05, 0.1) is 10.1 Å². The van der Waals surface area contributed by atoms with Gasteiger partial charge in [-0.25, -0.2) is 4.79 Å². The van der Waals surface area contributed by atoms with Gasteiger partial charge in [-0.05, 0) is 35.6 Å². The molecule has 0 atom stereocenters. The van der Waals surface area contributed by atoms with Crippen LogP contribution in [-0.2, 0) is 11.3 Å². The molecule has 0 unspecified atom stereocenters. The second-order valence-corrected chi connectivity index (χ2v) is 8.70. The van der Waals surface area contributed by atoms with Gasteiger partial charge in [-0.1, -0.05) is 28.2 Å². The fraction of sp³-hybridized carbons (Fsp3) is 0.357. The van der Waals surface area contributed by atoms with Crippen LogP contribution in [0.4, 0.5) is 0 Å². The minimum absolute atomic E-state index is 0.0459. The van der Waals surface area contributed by atoms with Gasteiger partial charge in [-0.3, -0.25) is 0 Å². The molecule has 8 heteroatoms. The van der Waals surface area contributed by atoms with Crippen LogP contribution in [0, 0.1) is 0 Å². The lowest BCUT2D eigenvalue weighted by molar-refractivity contribution is 0.0468. The van der Waals surface area contributed by atoms with Crippen LogP contribution in [0.15, 0.2) is 24.3 Å². The summed E-state index contributed by atoms with van der Waals surface area (Å²) >= 11 is 10.9. The highest BCUT2D eigenvalue weighted by molar-refractivity contribution is 8.16. The van der Waals surface area contributed by atoms with Crippen LogP contribution in [0.2, 0.25) is 4.34 Å². The van der Waals surface area contributed by atoms with E-state index in [-0.39, 0.29) is 12.6 Å². The summed E-state index contributed by atoms with van der Waals surface area (Å²) in [5.74, 6) is 2.02. The zero-order valence-corrected chi connectivity index (χ0v) is 14.7. The fourth-order valence-electron chi connectivity index (χ4n) is 1.96. The predicted octanol–water partition coefficient (Wildman–Crippen LogP) is 4.42. The van der Waals surface area contributed by atoms with Gasteiger partial charge in [0.15, 0.2) is 0 Å². The molecule has 0 saturated carbocycles. The van der Waals surface area contributed by atoms with Crippen molar-refractivity contribution in [2.75, 3.05) is 11.5 Å². The highest BCUT2D eigenvalue weighted by Crippen LogP contribution is 2.43. The van der Waals surface area contributed by atoms with Crippen LogP contribution in [0.25, 0.3) is 0 Å². The Morgan fingerprint density at radius 1 is 1.27 bits per heavy atom. The molecule has 0 spiro atoms. The number of esters is 1. The van der Waals surface area contributed by atoms with Crippen LogP contribution in [0.1, 0.15) is 32.6 Å². The third-order valence-electron chi connectivity index (χ3n) is 3.10. The number of hydrogen-bond acceptors (Lipinski definition) is 7. The van der Waals surface area contributed by atoms with Gasteiger partial charge < -0.3 is 4.74 Å². The van der Waals surface area contributed by atoms with Crippen molar-refractivity contribution in [3.05, 3.63) is 45.4 Å². The molecule has 1 aromatic heterocycles. The summed E-state index contributed by atoms with van der Waals surface area (Å²) in [5, 5.41) is 3.81. The summed E-state index contributed by atoms with van der Waals surface area (Å²) in [5.41, 5.74) is 2.28. The summed E-state index contributed by atoms with van der Waals surface area (Å²) in [6.45, 7) is 0.0459. The van der Waals surface area contributed by atoms with Gasteiger partial charge in [0.25, 0.3) is 0 Å². The van der Waals surface area contributed by atoms with Crippen LogP contribution in [0.5, 0.6) is 0 Å². The molecular formula is C14H13ClN2O2S3. The number of ether oxygens (including phenoxy) is 1. The molecule has 1 aliphatic heterocycles. The lowest BCUT2D eigenvalue weighted by Crippen LogP contribution is -2.06. The van der Waals surface area contributed by atoms with E-state index in [1.807, 2.05) is 47.8 Å². The van der Waals surface area contributed by atoms with E-state index < -0.39 is 0 Å². The minimum Gasteiger partial charge on any atom is -0.455 e. The number of rotatable bonds is 4. The molecule has 0 bridgehead atoms. The molecule has 0 N–H and O–H groups in total. The molecular weight excluding hydrogens is 360 g/mol. The standard InChI is InChI=1S/C14H13ClN2O2S3/c15-12-11(16-17-22-12)8-19-13(18)9-2-4-10(5-3-9)14-20-6-1-7-21-14/h2-5,14H,1,6-8H2. The van der Waals surface area contributed by atoms with Crippen LogP contribution in [0.3, 0.4) is 0 Å². The first-order valence-electron chi connectivity index (χ1n) is 6.71. The van der Waals surface area contributed by atoms with Crippen LogP contribution in [-0.4, -0.2) is 27.1 Å². The van der Waals surface area contributed by atoms with E-state index in [4.69, 9.17) is 16.3 Å². The highest BCUT2D eigenvalue weighted by atomic mass is 35.5. The van der Waals surface area contributed by atoms with E-state index in [2.05, 4.69) is 9.59 Å². The molecule has 4 nitrogen and oxygen atoms in total. The first kappa shape index (κ1) is 16.1. The highest BCUT2D eigenvalue weighted by Gasteiger charge is 2.17. The van der Waals surface area contributed by atoms with Crippen LogP contribution >= 0.6 is 46.7 Å². The molecule has 3 rings (SSSR count). The maximum absolute atomic E-state index is 12.0. The van der Waals surface area contributed by atoms with E-state index >= 15 is 0 Å². The molecule has 1 aromatic carbocycles. The second-order valence-electron chi connectivity index (χ2n) is 4.62. The number of aromatic nitrogens is 2. The van der Waals surface area contributed by atoms with Gasteiger partial charge in [0.1, 0.15) is 16.6 Å². The quantitative estimate of drug-likeness (QED) is 0.740. The van der Waals surface area contributed by atoms with Gasteiger partial charge in [-0.15, -0.1) is 28.6 Å². The smallest absolute Gasteiger partial charge is 0.338 e. The molecule has 2 heterocycles. The van der Waals surface area contributed by atoms with E-state index in [0.29, 0.717) is 20.2 Å². The van der Waals surface area contributed by atoms with E-state index in [9.17, 15) is 4.79 Å². The van der Waals surface area contributed by atoms with E-state index in [1.54, 1.807) is 0 Å². The molecule has 2 aromatic rings. The van der Waals surface area contributed by atoms with Gasteiger partial charge in [0, 0.05) is 11.5 Å². The maximum Gasteiger partial charge on any atom is 0.338 e. The molecule has 1 aliphatic rings. The number of carbonyl (C=O) groups is 1. The Kier molecular flexibility index (Phi) is 5.62. The number of thioether (sulfide) groups is 2. The fourth-order valence-corrected chi connectivity index (χ4v) is 5.45. The lowest BCUT2D eigenvalue weighted by atomic mass is 10.1. The van der Waals surface area contributed by atoms with Crippen molar-refractivity contribution < 1.29 is 9.53 Å². The molecule has 116 valence electrons. The lowest BCUT2D eigenvalue weighted by Gasteiger charge is -2.21. The number of halogens is 1. The monoisotopic (exact) mass is 372 g/mol. The normalized spacial score (nSPS) is 15.7. The summed E-state index contributed by atoms with van der Waals surface area (Å²) in [6.07, 6.45) is 1.27. The number of nitrogens with zero attached hydrogens (tertiary/aromatic N) is 2. The summed E-state index contributed by atoms with van der Waals surface area (Å²) < 4.78 is 9.83. The third-order valence-corrected chi connectivity index (χ3v) is 7.09. The number of hydrogen-bond donors (Lipinski definition) is 0. The zero-order valence-electron chi connectivity index (χ0n) is 11.5. The van der Waals surface area contributed by atoms with Crippen LogP contribution < -0.4 is 0 Å². The largest absolute Gasteiger partial charge is 0.455 e. The zero-order chi connectivity index (χ0) is 15.4. The summed E-state index contributed by atoms with van der Waals surface area (Å²) in [6, 6.07) is 7.64. The van der Waals surface area contributed by atoms with Crippen molar-refractivity contribution in [1.29, 1.82) is 0 Å². The molecule has 1 saturated heterocycles. The van der Waals surface area contributed by atoms with Crippen molar-refractivity contribution in [3.63, 3.8) is 0 Å². The molecule has 0 amide bonds. The predicted molar refractivity (Wildman–Crippen MR) is 92.8 cm³/mol. The Labute approximate surface area is 146 Å². The van der Waals surface area contributed by atoms with E-state index in [0.717, 1.165) is 11.5 Å². The number of carbonyl (C=O) groups excluding carboxylic acids is 1. The minimum atomic E-state index is -0.375. The average molecular weight is 373 g/mol. The Hall–Kier alpha value is -0.760. The van der Waals surface area contributed by atoms with Crippen molar-refractivity contribution in [1.82, 2.24) is 9.59 Å². The van der Waals surface area contributed by atoms with Crippen molar-refractivity contribution in [2.45, 2.75) is 17.6 Å². The average Bonchev–Trinajstić information content (AvgIpc) is 2.99. The third kappa shape index (κ3) is 3.95. The SMILES string of the molecule is O=C(OCc1nnsc1Cl)c1ccc(C2SCCCS2)cc1. The van der Waals surface area contributed by atoms with Gasteiger partial charge >= 0.3 is 5.97 Å². The molecule has 1 fully saturated rings. The molecule has 0 radical (unpaired) electrons. The van der Waals surface area contributed by atoms with Crippen molar-refractivity contribution >= 4 is 52.6 Å². The Balaban J connectivity index is 1.59. The first-order chi connectivity index (χ1) is 10.7. The van der Waals surface area contributed by atoms with Crippen molar-refractivity contribution in [3.8, 4) is 0 Å². The van der Waals surface area contributed by atoms with Gasteiger partial charge in [-0.2, -0.15) is 0 Å². The summed E-state index contributed by atoms with van der Waals surface area (Å²) in [4.78, 5) is 12.0. The first-order valence-corrected chi connectivity index (χ1v) is 9.96. The Morgan fingerprint density at radius 3 is 2.64 bits per heavy atom. The number of benzene rings is 1. The maximum atomic E-state index is 12.0. The van der Waals surface area contributed by atoms with Crippen molar-refractivity contribution in [2.24, 2.45) is 0 Å². The van der Waals surface area contributed by atoms with Gasteiger partial charge in [0.2, 0.25) is 0 Å². The van der Waals surface area contributed by atoms with E-state index in [1.165, 1.54) is 23.5 Å². The topological polar surface area (TPSA) is 52.1 Å². The molecule has 0 aliphatic carbocycles. The second kappa shape index (κ2) is 7.68. The Bertz CT molecular complexity index is 642. The Morgan fingerprint density at radius 2 is 2.00 bits per heavy atom. The molecule has 22 heavy (non-hydrogen) atoms. The summed E-state index contributed by atoms with van der Waals surface area (Å²) in [7, 11) is 0.